The number of methoxy groups -OCH3 is 1. The second kappa shape index (κ2) is 11.8. The molecule has 0 aliphatic carbocycles. The number of benzene rings is 2. The van der Waals surface area contributed by atoms with Crippen molar-refractivity contribution in [3.8, 4) is 17.5 Å². The highest BCUT2D eigenvalue weighted by atomic mass is 32.2. The van der Waals surface area contributed by atoms with Crippen molar-refractivity contribution in [1.82, 2.24) is 13.9 Å². The van der Waals surface area contributed by atoms with Crippen molar-refractivity contribution in [3.63, 3.8) is 0 Å². The highest BCUT2D eigenvalue weighted by molar-refractivity contribution is 8.27. The topological polar surface area (TPSA) is 114 Å². The van der Waals surface area contributed by atoms with Gasteiger partial charge in [0.05, 0.1) is 23.4 Å². The van der Waals surface area contributed by atoms with Crippen LogP contribution in [0.5, 0.6) is 5.75 Å². The van der Waals surface area contributed by atoms with Gasteiger partial charge in [0, 0.05) is 26.2 Å². The number of carbonyl (C=O) groups excluding carboxylic acids is 1. The standard InChI is InChI=1S/C31H28N6O4S2/c1-18-23(27(34(3)28(38)24(18)16-32)33-17-20-11-13-22(41-5)14-12-20)15-25-29(39)36(31(42)43-25)26-19(2)35(4)37(30(26)40)21-9-7-6-8-10-21/h6-15,33H,17H2,1-5H3/b25-15+. The molecule has 10 nitrogen and oxygen atoms in total. The van der Waals surface area contributed by atoms with E-state index in [-0.39, 0.29) is 26.0 Å². The summed E-state index contributed by atoms with van der Waals surface area (Å²) in [6, 6.07) is 18.6. The van der Waals surface area contributed by atoms with Gasteiger partial charge in [0.2, 0.25) is 0 Å². The summed E-state index contributed by atoms with van der Waals surface area (Å²) in [5.74, 6) is 0.691. The van der Waals surface area contributed by atoms with Gasteiger partial charge in [-0.1, -0.05) is 54.3 Å². The maximum Gasteiger partial charge on any atom is 0.296 e. The molecule has 0 spiro atoms. The molecule has 1 amide bonds. The van der Waals surface area contributed by atoms with Crippen LogP contribution in [-0.2, 0) is 25.4 Å². The van der Waals surface area contributed by atoms with E-state index in [1.807, 2.05) is 60.7 Å². The van der Waals surface area contributed by atoms with Gasteiger partial charge < -0.3 is 10.1 Å². The van der Waals surface area contributed by atoms with Crippen LogP contribution in [0.3, 0.4) is 0 Å². The van der Waals surface area contributed by atoms with Crippen LogP contribution >= 0.6 is 24.0 Å². The monoisotopic (exact) mass is 612 g/mol. The number of pyridine rings is 1. The van der Waals surface area contributed by atoms with E-state index in [2.05, 4.69) is 5.32 Å². The number of rotatable bonds is 7. The van der Waals surface area contributed by atoms with E-state index >= 15 is 0 Å². The summed E-state index contributed by atoms with van der Waals surface area (Å²) in [5.41, 5.74) is 2.39. The normalized spacial score (nSPS) is 14.0. The zero-order valence-electron chi connectivity index (χ0n) is 24.2. The van der Waals surface area contributed by atoms with Crippen molar-refractivity contribution in [3.05, 3.63) is 108 Å². The van der Waals surface area contributed by atoms with Crippen molar-refractivity contribution in [2.24, 2.45) is 14.1 Å². The molecule has 2 aromatic carbocycles. The van der Waals surface area contributed by atoms with Gasteiger partial charge >= 0.3 is 0 Å². The van der Waals surface area contributed by atoms with E-state index in [0.717, 1.165) is 23.1 Å². The second-order valence-electron chi connectivity index (χ2n) is 9.87. The van der Waals surface area contributed by atoms with Gasteiger partial charge in [-0.05, 0) is 55.3 Å². The molecule has 1 aliphatic rings. The Balaban J connectivity index is 1.57. The zero-order chi connectivity index (χ0) is 31.0. The average Bonchev–Trinajstić information content (AvgIpc) is 3.40. The number of hydrogen-bond donors (Lipinski definition) is 1. The molecule has 1 aliphatic heterocycles. The van der Waals surface area contributed by atoms with Crippen molar-refractivity contribution in [1.29, 1.82) is 5.26 Å². The summed E-state index contributed by atoms with van der Waals surface area (Å²) in [6.07, 6.45) is 1.62. The number of amides is 1. The minimum atomic E-state index is -0.464. The molecule has 4 aromatic rings. The van der Waals surface area contributed by atoms with Crippen LogP contribution in [-0.4, -0.2) is 31.3 Å². The fraction of sp³-hybridized carbons (Fsp3) is 0.194. The van der Waals surface area contributed by atoms with Crippen LogP contribution in [0.25, 0.3) is 11.8 Å². The fourth-order valence-corrected chi connectivity index (χ4v) is 6.23. The number of ether oxygens (including phenoxy) is 1. The lowest BCUT2D eigenvalue weighted by molar-refractivity contribution is -0.113. The van der Waals surface area contributed by atoms with Gasteiger partial charge in [0.25, 0.3) is 17.0 Å². The predicted molar refractivity (Wildman–Crippen MR) is 173 cm³/mol. The van der Waals surface area contributed by atoms with Crippen molar-refractivity contribution >= 4 is 51.8 Å². The molecule has 0 unspecified atom stereocenters. The highest BCUT2D eigenvalue weighted by Crippen LogP contribution is 2.38. The van der Waals surface area contributed by atoms with Crippen LogP contribution < -0.4 is 26.1 Å². The Morgan fingerprint density at radius 2 is 1.70 bits per heavy atom. The van der Waals surface area contributed by atoms with E-state index in [1.54, 1.807) is 45.8 Å². The lowest BCUT2D eigenvalue weighted by atomic mass is 10.0. The molecule has 0 atom stereocenters. The summed E-state index contributed by atoms with van der Waals surface area (Å²) in [6.45, 7) is 3.80. The number of hydrogen-bond acceptors (Lipinski definition) is 8. The number of carbonyl (C=O) groups is 1. The highest BCUT2D eigenvalue weighted by Gasteiger charge is 2.38. The lowest BCUT2D eigenvalue weighted by Crippen LogP contribution is -2.33. The van der Waals surface area contributed by atoms with Crippen LogP contribution in [0.2, 0.25) is 0 Å². The largest absolute Gasteiger partial charge is 0.497 e. The minimum absolute atomic E-state index is 0.0242. The molecule has 0 bridgehead atoms. The maximum absolute atomic E-state index is 13.9. The third kappa shape index (κ3) is 5.17. The number of aromatic nitrogens is 3. The van der Waals surface area contributed by atoms with Gasteiger partial charge in [-0.3, -0.25) is 28.5 Å². The summed E-state index contributed by atoms with van der Waals surface area (Å²) in [7, 11) is 4.91. The Hall–Kier alpha value is -4.86. The first-order chi connectivity index (χ1) is 20.6. The van der Waals surface area contributed by atoms with Gasteiger partial charge in [-0.2, -0.15) is 5.26 Å². The molecule has 1 N–H and O–H groups in total. The third-order valence-electron chi connectivity index (χ3n) is 7.44. The molecule has 1 fully saturated rings. The number of nitrogens with one attached hydrogen (secondary N) is 1. The van der Waals surface area contributed by atoms with Crippen LogP contribution in [0.1, 0.15) is 27.9 Å². The second-order valence-corrected chi connectivity index (χ2v) is 11.5. The zero-order valence-corrected chi connectivity index (χ0v) is 25.8. The first-order valence-electron chi connectivity index (χ1n) is 13.2. The minimum Gasteiger partial charge on any atom is -0.497 e. The lowest BCUT2D eigenvalue weighted by Gasteiger charge is -2.18. The van der Waals surface area contributed by atoms with E-state index < -0.39 is 11.5 Å². The molecule has 0 radical (unpaired) electrons. The molecule has 12 heteroatoms. The Labute approximate surface area is 257 Å². The van der Waals surface area contributed by atoms with Gasteiger partial charge in [0.1, 0.15) is 28.9 Å². The molecular formula is C31H28N6O4S2. The van der Waals surface area contributed by atoms with Crippen LogP contribution in [0.15, 0.2) is 69.1 Å². The molecule has 43 heavy (non-hydrogen) atoms. The Kier molecular flexibility index (Phi) is 8.12. The molecular weight excluding hydrogens is 585 g/mol. The van der Waals surface area contributed by atoms with Crippen molar-refractivity contribution in [2.45, 2.75) is 20.4 Å². The fourth-order valence-electron chi connectivity index (χ4n) is 4.98. The van der Waals surface area contributed by atoms with Crippen molar-refractivity contribution < 1.29 is 9.53 Å². The first-order valence-corrected chi connectivity index (χ1v) is 14.4. The summed E-state index contributed by atoms with van der Waals surface area (Å²) in [5, 5.41) is 13.1. The quantitative estimate of drug-likeness (QED) is 0.242. The van der Waals surface area contributed by atoms with E-state index in [4.69, 9.17) is 17.0 Å². The number of nitrogens with zero attached hydrogens (tertiary/aromatic N) is 5. The van der Waals surface area contributed by atoms with Gasteiger partial charge in [0.15, 0.2) is 4.32 Å². The smallest absolute Gasteiger partial charge is 0.296 e. The number of para-hydroxylation sites is 1. The predicted octanol–water partition coefficient (Wildman–Crippen LogP) is 4.39. The Morgan fingerprint density at radius 1 is 1.02 bits per heavy atom. The number of thiocarbonyl (C=S) groups is 1. The first kappa shape index (κ1) is 29.6. The van der Waals surface area contributed by atoms with Crippen LogP contribution in [0, 0.1) is 25.2 Å². The Bertz CT molecular complexity index is 1960. The number of nitriles is 1. The van der Waals surface area contributed by atoms with E-state index in [0.29, 0.717) is 34.9 Å². The third-order valence-corrected chi connectivity index (χ3v) is 8.74. The molecule has 3 heterocycles. The summed E-state index contributed by atoms with van der Waals surface area (Å²) >= 11 is 6.67. The van der Waals surface area contributed by atoms with Gasteiger partial charge in [-0.25, -0.2) is 4.68 Å². The molecule has 218 valence electrons. The summed E-state index contributed by atoms with van der Waals surface area (Å²) in [4.78, 5) is 42.1. The Morgan fingerprint density at radius 3 is 2.33 bits per heavy atom. The molecule has 1 saturated heterocycles. The molecule has 2 aromatic heterocycles. The SMILES string of the molecule is COc1ccc(CNc2c(/C=C3/SC(=S)N(c4c(C)n(C)n(-c5ccccc5)c4=O)C3=O)c(C)c(C#N)c(=O)n2C)cc1. The van der Waals surface area contributed by atoms with Crippen molar-refractivity contribution in [2.75, 3.05) is 17.3 Å². The summed E-state index contributed by atoms with van der Waals surface area (Å²) < 4.78 is 9.98. The number of thioether (sulfide) groups is 1. The van der Waals surface area contributed by atoms with E-state index in [9.17, 15) is 19.6 Å². The average molecular weight is 613 g/mol. The molecule has 0 saturated carbocycles. The van der Waals surface area contributed by atoms with E-state index in [1.165, 1.54) is 14.1 Å². The number of anilines is 2. The maximum atomic E-state index is 13.9. The van der Waals surface area contributed by atoms with Crippen LogP contribution in [0.4, 0.5) is 11.5 Å². The van der Waals surface area contributed by atoms with Gasteiger partial charge in [-0.15, -0.1) is 0 Å². The molecule has 5 rings (SSSR count).